The zero-order valence-electron chi connectivity index (χ0n) is 16.9. The number of aromatic amines is 1. The zero-order chi connectivity index (χ0) is 21.8. The number of H-pyrrole nitrogens is 1. The molecule has 0 radical (unpaired) electrons. The number of methoxy groups -OCH3 is 1. The van der Waals surface area contributed by atoms with Gasteiger partial charge in [0.25, 0.3) is 5.91 Å². The van der Waals surface area contributed by atoms with Gasteiger partial charge in [0.15, 0.2) is 11.2 Å². The summed E-state index contributed by atoms with van der Waals surface area (Å²) >= 11 is 1.30. The molecule has 4 aromatic rings. The first-order valence-corrected chi connectivity index (χ1v) is 10.5. The van der Waals surface area contributed by atoms with Gasteiger partial charge in [-0.05, 0) is 48.9 Å². The molecule has 2 heterocycles. The number of hydrogen-bond acceptors (Lipinski definition) is 7. The summed E-state index contributed by atoms with van der Waals surface area (Å²) in [5.74, 6) is 0.450. The van der Waals surface area contributed by atoms with Crippen molar-refractivity contribution in [2.45, 2.75) is 19.4 Å². The fourth-order valence-electron chi connectivity index (χ4n) is 3.01. The molecule has 0 fully saturated rings. The van der Waals surface area contributed by atoms with Crippen molar-refractivity contribution in [3.63, 3.8) is 0 Å². The van der Waals surface area contributed by atoms with Gasteiger partial charge in [0.1, 0.15) is 11.6 Å². The minimum absolute atomic E-state index is 0.331. The third kappa shape index (κ3) is 4.56. The third-order valence-corrected chi connectivity index (χ3v) is 5.34. The molecule has 0 saturated heterocycles. The standard InChI is InChI=1S/C22H20N4O4S/c1-3-18(20(27)26-22-23-10-11-31-22)30-21(28)14-6-9-16-17(12-14)25-19(24-16)13-4-7-15(29-2)8-5-13/h4-12,18H,3H2,1-2H3,(H,24,25)(H,23,26,27). The first-order chi connectivity index (χ1) is 15.1. The Morgan fingerprint density at radius 3 is 2.68 bits per heavy atom. The van der Waals surface area contributed by atoms with Crippen LogP contribution in [0, 0.1) is 0 Å². The van der Waals surface area contributed by atoms with Crippen LogP contribution in [0.1, 0.15) is 23.7 Å². The number of carbonyl (C=O) groups is 2. The average molecular weight is 436 g/mol. The molecule has 0 bridgehead atoms. The Hall–Kier alpha value is -3.72. The van der Waals surface area contributed by atoms with Crippen molar-refractivity contribution >= 4 is 39.4 Å². The van der Waals surface area contributed by atoms with Gasteiger partial charge in [-0.1, -0.05) is 6.92 Å². The van der Waals surface area contributed by atoms with Crippen LogP contribution in [0.15, 0.2) is 54.0 Å². The van der Waals surface area contributed by atoms with Crippen LogP contribution in [-0.4, -0.2) is 40.0 Å². The number of rotatable bonds is 7. The minimum atomic E-state index is -0.913. The van der Waals surface area contributed by atoms with E-state index in [2.05, 4.69) is 20.3 Å². The molecular formula is C22H20N4O4S. The average Bonchev–Trinajstić information content (AvgIpc) is 3.46. The number of nitrogens with one attached hydrogen (secondary N) is 2. The smallest absolute Gasteiger partial charge is 0.338 e. The van der Waals surface area contributed by atoms with Gasteiger partial charge in [0.05, 0.1) is 23.7 Å². The van der Waals surface area contributed by atoms with E-state index in [-0.39, 0.29) is 0 Å². The van der Waals surface area contributed by atoms with Crippen molar-refractivity contribution in [2.75, 3.05) is 12.4 Å². The van der Waals surface area contributed by atoms with Crippen LogP contribution in [0.2, 0.25) is 0 Å². The molecule has 0 aliphatic carbocycles. The molecule has 158 valence electrons. The molecule has 9 heteroatoms. The molecule has 4 rings (SSSR count). The first-order valence-electron chi connectivity index (χ1n) is 9.63. The van der Waals surface area contributed by atoms with E-state index in [1.54, 1.807) is 43.8 Å². The van der Waals surface area contributed by atoms with Crippen LogP contribution in [0.5, 0.6) is 5.75 Å². The molecule has 31 heavy (non-hydrogen) atoms. The van der Waals surface area contributed by atoms with Crippen LogP contribution in [0.3, 0.4) is 0 Å². The number of carbonyl (C=O) groups excluding carboxylic acids is 2. The number of thiazole rings is 1. The predicted octanol–water partition coefficient (Wildman–Crippen LogP) is 4.27. The second kappa shape index (κ2) is 8.97. The molecule has 1 atom stereocenters. The summed E-state index contributed by atoms with van der Waals surface area (Å²) < 4.78 is 10.6. The quantitative estimate of drug-likeness (QED) is 0.419. The van der Waals surface area contributed by atoms with Gasteiger partial charge in [0, 0.05) is 17.1 Å². The van der Waals surface area contributed by atoms with Crippen molar-refractivity contribution in [2.24, 2.45) is 0 Å². The third-order valence-electron chi connectivity index (χ3n) is 4.66. The van der Waals surface area contributed by atoms with Crippen molar-refractivity contribution in [3.05, 3.63) is 59.6 Å². The van der Waals surface area contributed by atoms with Gasteiger partial charge < -0.3 is 14.5 Å². The Balaban J connectivity index is 1.50. The summed E-state index contributed by atoms with van der Waals surface area (Å²) in [5.41, 5.74) is 2.64. The molecule has 0 aliphatic heterocycles. The molecule has 1 amide bonds. The van der Waals surface area contributed by atoms with E-state index < -0.39 is 18.0 Å². The fourth-order valence-corrected chi connectivity index (χ4v) is 3.54. The Kier molecular flexibility index (Phi) is 5.94. The number of benzene rings is 2. The lowest BCUT2D eigenvalue weighted by Crippen LogP contribution is -2.32. The highest BCUT2D eigenvalue weighted by Crippen LogP contribution is 2.24. The number of ether oxygens (including phenoxy) is 2. The van der Waals surface area contributed by atoms with Gasteiger partial charge in [0.2, 0.25) is 0 Å². The van der Waals surface area contributed by atoms with E-state index in [1.165, 1.54) is 11.3 Å². The van der Waals surface area contributed by atoms with E-state index in [1.807, 2.05) is 24.3 Å². The highest BCUT2D eigenvalue weighted by Gasteiger charge is 2.23. The fraction of sp³-hybridized carbons (Fsp3) is 0.182. The Bertz CT molecular complexity index is 1200. The predicted molar refractivity (Wildman–Crippen MR) is 118 cm³/mol. The van der Waals surface area contributed by atoms with E-state index in [0.717, 1.165) is 16.8 Å². The molecule has 0 aliphatic rings. The summed E-state index contributed by atoms with van der Waals surface area (Å²) in [7, 11) is 1.61. The van der Waals surface area contributed by atoms with Gasteiger partial charge in [-0.2, -0.15) is 0 Å². The summed E-state index contributed by atoms with van der Waals surface area (Å²) in [6.45, 7) is 1.78. The largest absolute Gasteiger partial charge is 0.497 e. The number of esters is 1. The van der Waals surface area contributed by atoms with Gasteiger partial charge in [-0.25, -0.2) is 14.8 Å². The number of nitrogens with zero attached hydrogens (tertiary/aromatic N) is 2. The van der Waals surface area contributed by atoms with Crippen molar-refractivity contribution in [1.82, 2.24) is 15.0 Å². The van der Waals surface area contributed by atoms with Crippen LogP contribution >= 0.6 is 11.3 Å². The number of hydrogen-bond donors (Lipinski definition) is 2. The molecule has 8 nitrogen and oxygen atoms in total. The molecule has 0 saturated carbocycles. The SMILES string of the molecule is CCC(OC(=O)c1ccc2nc(-c3ccc(OC)cc3)[nH]c2c1)C(=O)Nc1nccs1. The van der Waals surface area contributed by atoms with E-state index in [9.17, 15) is 9.59 Å². The van der Waals surface area contributed by atoms with E-state index in [4.69, 9.17) is 9.47 Å². The maximum atomic E-state index is 12.6. The lowest BCUT2D eigenvalue weighted by molar-refractivity contribution is -0.124. The number of aromatic nitrogens is 3. The van der Waals surface area contributed by atoms with Crippen LogP contribution in [-0.2, 0) is 9.53 Å². The second-order valence-corrected chi connectivity index (χ2v) is 7.57. The van der Waals surface area contributed by atoms with Gasteiger partial charge >= 0.3 is 5.97 Å². The number of imidazole rings is 1. The number of anilines is 1. The van der Waals surface area contributed by atoms with Crippen molar-refractivity contribution in [1.29, 1.82) is 0 Å². The first kappa shape index (κ1) is 20.5. The highest BCUT2D eigenvalue weighted by molar-refractivity contribution is 7.13. The molecule has 1 unspecified atom stereocenters. The Morgan fingerprint density at radius 1 is 1.19 bits per heavy atom. The van der Waals surface area contributed by atoms with Crippen LogP contribution < -0.4 is 10.1 Å². The zero-order valence-corrected chi connectivity index (χ0v) is 17.7. The normalized spacial score (nSPS) is 11.8. The maximum absolute atomic E-state index is 12.6. The number of fused-ring (bicyclic) bond motifs is 1. The molecule has 2 aromatic carbocycles. The molecular weight excluding hydrogens is 416 g/mol. The molecule has 0 spiro atoms. The van der Waals surface area contributed by atoms with Gasteiger partial charge in [-0.15, -0.1) is 11.3 Å². The lowest BCUT2D eigenvalue weighted by atomic mass is 10.2. The van der Waals surface area contributed by atoms with Gasteiger partial charge in [-0.3, -0.25) is 10.1 Å². The summed E-state index contributed by atoms with van der Waals surface area (Å²) in [6.07, 6.45) is 1.02. The number of amides is 1. The van der Waals surface area contributed by atoms with Crippen molar-refractivity contribution < 1.29 is 19.1 Å². The highest BCUT2D eigenvalue weighted by atomic mass is 32.1. The topological polar surface area (TPSA) is 106 Å². The lowest BCUT2D eigenvalue weighted by Gasteiger charge is -2.15. The summed E-state index contributed by atoms with van der Waals surface area (Å²) in [4.78, 5) is 36.8. The summed E-state index contributed by atoms with van der Waals surface area (Å²) in [6, 6.07) is 12.6. The van der Waals surface area contributed by atoms with E-state index in [0.29, 0.717) is 28.5 Å². The van der Waals surface area contributed by atoms with Crippen molar-refractivity contribution in [3.8, 4) is 17.1 Å². The van der Waals surface area contributed by atoms with Crippen LogP contribution in [0.4, 0.5) is 5.13 Å². The monoisotopic (exact) mass is 436 g/mol. The second-order valence-electron chi connectivity index (χ2n) is 6.67. The molecule has 2 aromatic heterocycles. The minimum Gasteiger partial charge on any atom is -0.497 e. The summed E-state index contributed by atoms with van der Waals surface area (Å²) in [5, 5.41) is 4.87. The maximum Gasteiger partial charge on any atom is 0.338 e. The van der Waals surface area contributed by atoms with E-state index >= 15 is 0 Å². The Labute approximate surface area is 182 Å². The Morgan fingerprint density at radius 2 is 2.00 bits per heavy atom. The molecule has 2 N–H and O–H groups in total. The van der Waals surface area contributed by atoms with Crippen LogP contribution in [0.25, 0.3) is 22.4 Å².